The lowest BCUT2D eigenvalue weighted by Crippen LogP contribution is -1.79. The average Bonchev–Trinajstić information content (AvgIpc) is 3.27. The molecule has 3 nitrogen and oxygen atoms in total. The highest BCUT2D eigenvalue weighted by atomic mass is 16.3. The predicted octanol–water partition coefficient (Wildman–Crippen LogP) is 7.20. The molecule has 0 atom stereocenters. The Kier molecular flexibility index (Phi) is 4.88. The molecule has 3 heteroatoms. The van der Waals surface area contributed by atoms with Gasteiger partial charge in [-0.15, -0.1) is 0 Å². The number of hydrogen-bond acceptors (Lipinski definition) is 3. The molecular weight excluding hydrogens is 380 g/mol. The fourth-order valence-corrected chi connectivity index (χ4v) is 3.46. The first kappa shape index (κ1) is 18.6. The Morgan fingerprint density at radius 2 is 1.32 bits per heavy atom. The molecule has 1 heterocycles. The van der Waals surface area contributed by atoms with E-state index in [9.17, 15) is 0 Å². The van der Waals surface area contributed by atoms with Crippen molar-refractivity contribution in [2.45, 2.75) is 0 Å². The molecule has 1 aromatic heterocycles. The van der Waals surface area contributed by atoms with Gasteiger partial charge in [0, 0.05) is 5.56 Å². The molecule has 0 spiro atoms. The highest BCUT2D eigenvalue weighted by molar-refractivity contribution is 5.82. The van der Waals surface area contributed by atoms with Crippen molar-refractivity contribution in [3.63, 3.8) is 0 Å². The molecule has 0 aliphatic carbocycles. The van der Waals surface area contributed by atoms with Crippen LogP contribution < -0.4 is 0 Å². The smallest absolute Gasteiger partial charge is 0.227 e. The highest BCUT2D eigenvalue weighted by Crippen LogP contribution is 2.28. The molecule has 31 heavy (non-hydrogen) atoms. The lowest BCUT2D eigenvalue weighted by molar-refractivity contribution is 0.620. The van der Waals surface area contributed by atoms with E-state index in [4.69, 9.17) is 14.7 Å². The van der Waals surface area contributed by atoms with E-state index in [-0.39, 0.29) is 0 Å². The van der Waals surface area contributed by atoms with E-state index in [1.165, 1.54) is 0 Å². The van der Waals surface area contributed by atoms with Crippen molar-refractivity contribution >= 4 is 23.3 Å². The van der Waals surface area contributed by atoms with Gasteiger partial charge >= 0.3 is 0 Å². The van der Waals surface area contributed by atoms with Gasteiger partial charge in [-0.25, -0.2) is 4.98 Å². The maximum atomic E-state index is 8.89. The molecule has 4 aromatic carbocycles. The van der Waals surface area contributed by atoms with E-state index in [0.29, 0.717) is 11.5 Å². The van der Waals surface area contributed by atoms with Crippen molar-refractivity contribution in [2.24, 2.45) is 0 Å². The number of hydrogen-bond donors (Lipinski definition) is 0. The van der Waals surface area contributed by atoms with Crippen molar-refractivity contribution in [1.29, 1.82) is 5.26 Å². The maximum Gasteiger partial charge on any atom is 0.227 e. The van der Waals surface area contributed by atoms with E-state index in [1.807, 2.05) is 84.9 Å². The molecule has 0 unspecified atom stereocenters. The second-order valence-electron chi connectivity index (χ2n) is 7.26. The fourth-order valence-electron chi connectivity index (χ4n) is 3.46. The molecule has 0 fully saturated rings. The van der Waals surface area contributed by atoms with Crippen LogP contribution in [0.5, 0.6) is 0 Å². The summed E-state index contributed by atoms with van der Waals surface area (Å²) in [6.45, 7) is 0. The lowest BCUT2D eigenvalue weighted by atomic mass is 10.1. The Balaban J connectivity index is 1.37. The third-order valence-electron chi connectivity index (χ3n) is 5.16. The van der Waals surface area contributed by atoms with E-state index in [2.05, 4.69) is 30.3 Å². The molecule has 0 aliphatic heterocycles. The normalized spacial score (nSPS) is 11.1. The second kappa shape index (κ2) is 8.14. The minimum atomic E-state index is 0.614. The van der Waals surface area contributed by atoms with Gasteiger partial charge in [-0.2, -0.15) is 5.26 Å². The summed E-state index contributed by atoms with van der Waals surface area (Å²) in [5.74, 6) is 0.614. The summed E-state index contributed by atoms with van der Waals surface area (Å²) >= 11 is 0. The van der Waals surface area contributed by atoms with Gasteiger partial charge in [-0.1, -0.05) is 72.8 Å². The molecule has 0 bridgehead atoms. The number of aromatic nitrogens is 1. The van der Waals surface area contributed by atoms with Crippen molar-refractivity contribution in [3.05, 3.63) is 114 Å². The zero-order valence-electron chi connectivity index (χ0n) is 16.7. The number of nitrogens with zero attached hydrogens (tertiary/aromatic N) is 2. The molecule has 0 N–H and O–H groups in total. The number of benzene rings is 4. The van der Waals surface area contributed by atoms with Crippen LogP contribution in [0.4, 0.5) is 0 Å². The molecule has 0 aliphatic rings. The van der Waals surface area contributed by atoms with Crippen LogP contribution in [0.25, 0.3) is 45.8 Å². The van der Waals surface area contributed by atoms with Crippen LogP contribution in [0.1, 0.15) is 16.7 Å². The van der Waals surface area contributed by atoms with Crippen LogP contribution in [0.3, 0.4) is 0 Å². The molecule has 5 aromatic rings. The van der Waals surface area contributed by atoms with Crippen molar-refractivity contribution in [2.75, 3.05) is 0 Å². The summed E-state index contributed by atoms with van der Waals surface area (Å²) in [5, 5.41) is 8.89. The van der Waals surface area contributed by atoms with Crippen LogP contribution in [-0.2, 0) is 0 Å². The van der Waals surface area contributed by atoms with Crippen LogP contribution in [0, 0.1) is 11.3 Å². The molecule has 0 saturated carbocycles. The summed E-state index contributed by atoms with van der Waals surface area (Å²) < 4.78 is 5.98. The fraction of sp³-hybridized carbons (Fsp3) is 0. The van der Waals surface area contributed by atoms with Gasteiger partial charge in [0.05, 0.1) is 11.6 Å². The van der Waals surface area contributed by atoms with Gasteiger partial charge in [0.25, 0.3) is 0 Å². The second-order valence-corrected chi connectivity index (χ2v) is 7.26. The summed E-state index contributed by atoms with van der Waals surface area (Å²) in [6, 6.07) is 34.1. The molecule has 0 saturated heterocycles. The van der Waals surface area contributed by atoms with Crippen molar-refractivity contribution in [3.8, 4) is 28.7 Å². The largest absolute Gasteiger partial charge is 0.436 e. The SMILES string of the molecule is N#Cc1ccc(C=Cc2ccc(-c3nc4cc(-c5ccccc5)ccc4o3)cc2)cc1. The Bertz CT molecular complexity index is 1400. The summed E-state index contributed by atoms with van der Waals surface area (Å²) in [7, 11) is 0. The van der Waals surface area contributed by atoms with Gasteiger partial charge < -0.3 is 4.42 Å². The first-order chi connectivity index (χ1) is 15.3. The molecule has 146 valence electrons. The first-order valence-electron chi connectivity index (χ1n) is 10.0. The third-order valence-corrected chi connectivity index (χ3v) is 5.16. The standard InChI is InChI=1S/C28H18N2O/c29-19-22-10-8-20(9-11-22)6-7-21-12-14-24(15-13-21)28-30-26-18-25(16-17-27(26)31-28)23-4-2-1-3-5-23/h1-18H. The van der Waals surface area contributed by atoms with E-state index in [0.717, 1.165) is 38.9 Å². The average molecular weight is 398 g/mol. The van der Waals surface area contributed by atoms with Crippen LogP contribution in [-0.4, -0.2) is 4.98 Å². The van der Waals surface area contributed by atoms with E-state index in [1.54, 1.807) is 0 Å². The molecule has 0 amide bonds. The first-order valence-corrected chi connectivity index (χ1v) is 10.0. The van der Waals surface area contributed by atoms with E-state index < -0.39 is 0 Å². The van der Waals surface area contributed by atoms with Gasteiger partial charge in [0.15, 0.2) is 5.58 Å². The third kappa shape index (κ3) is 4.01. The Morgan fingerprint density at radius 1 is 0.677 bits per heavy atom. The van der Waals surface area contributed by atoms with Gasteiger partial charge in [-0.05, 0) is 58.7 Å². The molecular formula is C28H18N2O. The molecule has 0 radical (unpaired) electrons. The number of fused-ring (bicyclic) bond motifs is 1. The quantitative estimate of drug-likeness (QED) is 0.301. The molecule has 5 rings (SSSR count). The minimum Gasteiger partial charge on any atom is -0.436 e. The number of nitriles is 1. The lowest BCUT2D eigenvalue weighted by Gasteiger charge is -1.99. The topological polar surface area (TPSA) is 49.8 Å². The van der Waals surface area contributed by atoms with Crippen molar-refractivity contribution < 1.29 is 4.42 Å². The van der Waals surface area contributed by atoms with Gasteiger partial charge in [0.1, 0.15) is 5.52 Å². The minimum absolute atomic E-state index is 0.614. The number of rotatable bonds is 4. The van der Waals surface area contributed by atoms with Gasteiger partial charge in [-0.3, -0.25) is 0 Å². The Hall–Kier alpha value is -4.42. The summed E-state index contributed by atoms with van der Waals surface area (Å²) in [6.07, 6.45) is 4.07. The summed E-state index contributed by atoms with van der Waals surface area (Å²) in [5.41, 5.74) is 7.64. The van der Waals surface area contributed by atoms with Crippen LogP contribution in [0.15, 0.2) is 101 Å². The van der Waals surface area contributed by atoms with Gasteiger partial charge in [0.2, 0.25) is 5.89 Å². The monoisotopic (exact) mass is 398 g/mol. The Labute approximate surface area is 180 Å². The highest BCUT2D eigenvalue weighted by Gasteiger charge is 2.09. The van der Waals surface area contributed by atoms with Crippen LogP contribution in [0.2, 0.25) is 0 Å². The Morgan fingerprint density at radius 3 is 2.00 bits per heavy atom. The van der Waals surface area contributed by atoms with Crippen LogP contribution >= 0.6 is 0 Å². The zero-order chi connectivity index (χ0) is 21.0. The number of oxazole rings is 1. The predicted molar refractivity (Wildman–Crippen MR) is 125 cm³/mol. The zero-order valence-corrected chi connectivity index (χ0v) is 16.7. The maximum absolute atomic E-state index is 8.89. The van der Waals surface area contributed by atoms with Crippen molar-refractivity contribution in [1.82, 2.24) is 4.98 Å². The van der Waals surface area contributed by atoms with E-state index >= 15 is 0 Å². The summed E-state index contributed by atoms with van der Waals surface area (Å²) in [4.78, 5) is 4.70.